The fraction of sp³-hybridized carbons (Fsp3) is 0.529. The summed E-state index contributed by atoms with van der Waals surface area (Å²) >= 11 is 1.82. The molecule has 1 aliphatic rings. The molecule has 1 aliphatic heterocycles. The van der Waals surface area contributed by atoms with Crippen molar-refractivity contribution in [3.05, 3.63) is 35.2 Å². The molecule has 0 bridgehead atoms. The molecule has 2 aromatic rings. The summed E-state index contributed by atoms with van der Waals surface area (Å²) in [5.41, 5.74) is 7.51. The molecule has 2 N–H and O–H groups in total. The minimum Gasteiger partial charge on any atom is -0.380 e. The summed E-state index contributed by atoms with van der Waals surface area (Å²) in [5, 5.41) is 3.63. The number of nitrogens with two attached hydrogens (primary N) is 1. The first-order valence-corrected chi connectivity index (χ1v) is 8.55. The molecule has 21 heavy (non-hydrogen) atoms. The molecule has 0 radical (unpaired) electrons. The molecule has 1 aromatic carbocycles. The van der Waals surface area contributed by atoms with Crippen LogP contribution in [-0.4, -0.2) is 37.7 Å². The third-order valence-electron chi connectivity index (χ3n) is 4.76. The average Bonchev–Trinajstić information content (AvgIpc) is 2.94. The Morgan fingerprint density at radius 3 is 3.00 bits per heavy atom. The molecular weight excluding hydrogens is 280 g/mol. The Kier molecular flexibility index (Phi) is 4.60. The maximum absolute atomic E-state index is 6.13. The van der Waals surface area contributed by atoms with E-state index in [0.29, 0.717) is 24.6 Å². The van der Waals surface area contributed by atoms with Crippen LogP contribution in [0.5, 0.6) is 0 Å². The number of ether oxygens (including phenoxy) is 1. The Labute approximate surface area is 130 Å². The highest BCUT2D eigenvalue weighted by Gasteiger charge is 2.31. The lowest BCUT2D eigenvalue weighted by molar-refractivity contribution is -0.0181. The van der Waals surface area contributed by atoms with Gasteiger partial charge in [0.05, 0.1) is 6.10 Å². The van der Waals surface area contributed by atoms with Crippen LogP contribution < -0.4 is 5.73 Å². The van der Waals surface area contributed by atoms with Crippen LogP contribution in [0.25, 0.3) is 10.1 Å². The number of likely N-dealkylation sites (tertiary alicyclic amines) is 1. The van der Waals surface area contributed by atoms with Crippen LogP contribution in [-0.2, 0) is 4.74 Å². The Hall–Kier alpha value is -0.940. The summed E-state index contributed by atoms with van der Waals surface area (Å²) in [6.45, 7) is 5.02. The molecule has 0 saturated carbocycles. The normalized spacial score (nSPS) is 25.3. The van der Waals surface area contributed by atoms with Gasteiger partial charge in [0.25, 0.3) is 0 Å². The van der Waals surface area contributed by atoms with Crippen molar-refractivity contribution < 1.29 is 4.74 Å². The second-order valence-electron chi connectivity index (χ2n) is 5.97. The molecule has 3 nitrogen and oxygen atoms in total. The van der Waals surface area contributed by atoms with Crippen LogP contribution in [0.15, 0.2) is 29.6 Å². The first kappa shape index (κ1) is 15.0. The molecule has 0 spiro atoms. The largest absolute Gasteiger partial charge is 0.380 e. The fourth-order valence-corrected chi connectivity index (χ4v) is 4.38. The van der Waals surface area contributed by atoms with Crippen molar-refractivity contribution in [2.75, 3.05) is 26.7 Å². The molecule has 2 heterocycles. The number of hydrogen-bond acceptors (Lipinski definition) is 4. The highest BCUT2D eigenvalue weighted by Crippen LogP contribution is 2.34. The van der Waals surface area contributed by atoms with Crippen molar-refractivity contribution in [2.45, 2.75) is 25.5 Å². The van der Waals surface area contributed by atoms with Gasteiger partial charge in [-0.25, -0.2) is 0 Å². The number of hydrogen-bond donors (Lipinski definition) is 1. The van der Waals surface area contributed by atoms with Crippen LogP contribution in [0.4, 0.5) is 0 Å². The smallest absolute Gasteiger partial charge is 0.0724 e. The van der Waals surface area contributed by atoms with Gasteiger partial charge in [0.1, 0.15) is 0 Å². The van der Waals surface area contributed by atoms with Crippen LogP contribution in [0.1, 0.15) is 24.9 Å². The van der Waals surface area contributed by atoms with Crippen LogP contribution in [0.3, 0.4) is 0 Å². The van der Waals surface area contributed by atoms with Gasteiger partial charge in [-0.05, 0) is 41.3 Å². The molecule has 4 heteroatoms. The molecule has 3 rings (SSSR count). The monoisotopic (exact) mass is 304 g/mol. The maximum Gasteiger partial charge on any atom is 0.0724 e. The molecule has 1 aromatic heterocycles. The topological polar surface area (TPSA) is 38.5 Å². The lowest BCUT2D eigenvalue weighted by atomic mass is 9.93. The number of fused-ring (bicyclic) bond motifs is 1. The van der Waals surface area contributed by atoms with Gasteiger partial charge in [0, 0.05) is 30.9 Å². The number of piperidine rings is 1. The van der Waals surface area contributed by atoms with E-state index in [1.807, 2.05) is 18.4 Å². The lowest BCUT2D eigenvalue weighted by Gasteiger charge is -2.40. The van der Waals surface area contributed by atoms with Gasteiger partial charge in [-0.2, -0.15) is 0 Å². The van der Waals surface area contributed by atoms with Crippen molar-refractivity contribution >= 4 is 21.4 Å². The summed E-state index contributed by atoms with van der Waals surface area (Å²) in [4.78, 5) is 2.50. The van der Waals surface area contributed by atoms with Gasteiger partial charge < -0.3 is 10.5 Å². The summed E-state index contributed by atoms with van der Waals surface area (Å²) in [6.07, 6.45) is 1.49. The van der Waals surface area contributed by atoms with E-state index >= 15 is 0 Å². The van der Waals surface area contributed by atoms with E-state index in [4.69, 9.17) is 10.5 Å². The molecular formula is C17H24N2OS. The maximum atomic E-state index is 6.13. The second kappa shape index (κ2) is 6.44. The highest BCUT2D eigenvalue weighted by molar-refractivity contribution is 7.17. The first-order chi connectivity index (χ1) is 10.2. The van der Waals surface area contributed by atoms with Gasteiger partial charge in [0.2, 0.25) is 0 Å². The van der Waals surface area contributed by atoms with E-state index in [-0.39, 0.29) is 0 Å². The van der Waals surface area contributed by atoms with Gasteiger partial charge in [-0.1, -0.05) is 25.1 Å². The van der Waals surface area contributed by atoms with Crippen molar-refractivity contribution in [3.8, 4) is 0 Å². The molecule has 3 atom stereocenters. The number of benzene rings is 1. The molecule has 1 saturated heterocycles. The summed E-state index contributed by atoms with van der Waals surface area (Å²) in [6, 6.07) is 8.91. The third-order valence-corrected chi connectivity index (χ3v) is 5.74. The van der Waals surface area contributed by atoms with Crippen molar-refractivity contribution in [2.24, 2.45) is 11.7 Å². The fourth-order valence-electron chi connectivity index (χ4n) is 3.38. The van der Waals surface area contributed by atoms with Gasteiger partial charge in [-0.15, -0.1) is 11.3 Å². The van der Waals surface area contributed by atoms with Gasteiger partial charge in [-0.3, -0.25) is 4.90 Å². The minimum atomic E-state index is 0.297. The van der Waals surface area contributed by atoms with Gasteiger partial charge >= 0.3 is 0 Å². The zero-order valence-corrected chi connectivity index (χ0v) is 13.6. The second-order valence-corrected chi connectivity index (χ2v) is 6.88. The third kappa shape index (κ3) is 2.86. The number of rotatable bonds is 4. The van der Waals surface area contributed by atoms with Crippen molar-refractivity contribution in [3.63, 3.8) is 0 Å². The number of methoxy groups -OCH3 is 1. The molecule has 0 aliphatic carbocycles. The Morgan fingerprint density at radius 2 is 2.24 bits per heavy atom. The lowest BCUT2D eigenvalue weighted by Crippen LogP contribution is -2.47. The SMILES string of the molecule is COC1CN(C(CN)c2csc3ccccc23)CCC1C. The standard InChI is InChI=1S/C17H24N2OS/c1-12-7-8-19(10-16(12)20-2)15(9-18)14-11-21-17-6-4-3-5-13(14)17/h3-6,11-12,15-16H,7-10,18H2,1-2H3. The minimum absolute atomic E-state index is 0.297. The Balaban J connectivity index is 1.88. The molecule has 114 valence electrons. The van der Waals surface area contributed by atoms with Gasteiger partial charge in [0.15, 0.2) is 0 Å². The zero-order chi connectivity index (χ0) is 14.8. The van der Waals surface area contributed by atoms with Crippen molar-refractivity contribution in [1.29, 1.82) is 0 Å². The molecule has 3 unspecified atom stereocenters. The summed E-state index contributed by atoms with van der Waals surface area (Å²) in [5.74, 6) is 0.629. The number of nitrogens with zero attached hydrogens (tertiary/aromatic N) is 1. The predicted molar refractivity (Wildman–Crippen MR) is 89.8 cm³/mol. The van der Waals surface area contributed by atoms with Crippen LogP contribution in [0, 0.1) is 5.92 Å². The van der Waals surface area contributed by atoms with Crippen LogP contribution in [0.2, 0.25) is 0 Å². The molecule has 1 fully saturated rings. The summed E-state index contributed by atoms with van der Waals surface area (Å²) < 4.78 is 7.00. The van der Waals surface area contributed by atoms with E-state index < -0.39 is 0 Å². The van der Waals surface area contributed by atoms with Crippen molar-refractivity contribution in [1.82, 2.24) is 4.90 Å². The average molecular weight is 304 g/mol. The Bertz CT molecular complexity index is 597. The molecule has 0 amide bonds. The van der Waals surface area contributed by atoms with E-state index in [0.717, 1.165) is 13.1 Å². The Morgan fingerprint density at radius 1 is 1.43 bits per heavy atom. The summed E-state index contributed by atoms with van der Waals surface area (Å²) in [7, 11) is 1.82. The number of thiophene rings is 1. The van der Waals surface area contributed by atoms with E-state index in [1.165, 1.54) is 22.1 Å². The van der Waals surface area contributed by atoms with E-state index in [1.54, 1.807) is 0 Å². The van der Waals surface area contributed by atoms with Crippen LogP contribution >= 0.6 is 11.3 Å². The first-order valence-electron chi connectivity index (χ1n) is 7.67. The van der Waals surface area contributed by atoms with E-state index in [2.05, 4.69) is 41.5 Å². The van der Waals surface area contributed by atoms with E-state index in [9.17, 15) is 0 Å². The highest BCUT2D eigenvalue weighted by atomic mass is 32.1. The predicted octanol–water partition coefficient (Wildman–Crippen LogP) is 3.26. The quantitative estimate of drug-likeness (QED) is 0.942. The zero-order valence-electron chi connectivity index (χ0n) is 12.8.